The molecule has 0 unspecified atom stereocenters. The second kappa shape index (κ2) is 9.39. The Morgan fingerprint density at radius 1 is 1.39 bits per heavy atom. The van der Waals surface area contributed by atoms with Crippen LogP contribution in [-0.2, 0) is 14.8 Å². The van der Waals surface area contributed by atoms with Gasteiger partial charge in [-0.3, -0.25) is 4.79 Å². The van der Waals surface area contributed by atoms with Gasteiger partial charge in [0.1, 0.15) is 11.9 Å². The van der Waals surface area contributed by atoms with E-state index in [0.717, 1.165) is 6.07 Å². The van der Waals surface area contributed by atoms with Crippen LogP contribution in [0.15, 0.2) is 29.4 Å². The summed E-state index contributed by atoms with van der Waals surface area (Å²) in [6.45, 7) is 2.16. The van der Waals surface area contributed by atoms with Crippen molar-refractivity contribution in [1.29, 1.82) is 0 Å². The molecule has 13 heteroatoms. The van der Waals surface area contributed by atoms with Gasteiger partial charge >= 0.3 is 0 Å². The molecule has 3 rings (SSSR count). The molecule has 0 aliphatic carbocycles. The number of hydrogen-bond donors (Lipinski definition) is 2. The quantitative estimate of drug-likeness (QED) is 0.678. The predicted octanol–water partition coefficient (Wildman–Crippen LogP) is 2.20. The van der Waals surface area contributed by atoms with E-state index in [9.17, 15) is 22.0 Å². The van der Waals surface area contributed by atoms with E-state index in [4.69, 9.17) is 21.5 Å². The van der Waals surface area contributed by atoms with Crippen LogP contribution in [0.25, 0.3) is 0 Å². The number of pyridine rings is 2. The highest BCUT2D eigenvalue weighted by Crippen LogP contribution is 2.27. The summed E-state index contributed by atoms with van der Waals surface area (Å²) in [5.74, 6) is -0.356. The molecule has 0 bridgehead atoms. The molecule has 0 radical (unpaired) electrons. The summed E-state index contributed by atoms with van der Waals surface area (Å²) in [5, 5.41) is 7.47. The standard InChI is InChI=1S/C18H20ClF2N5O4S/c1-10-13(19)9-12(17(24-10)26-5-3-14(16(20)21)30-7-6-26)18(27)25-11-2-4-23-15(8-11)31(22,28)29/h2,4,8-9,14,16H,3,5-7H2,1H3,(H2,22,28,29)(H,23,25,27)/t14-/m0/s1. The average Bonchev–Trinajstić information content (AvgIpc) is 2.95. The number of halogens is 3. The summed E-state index contributed by atoms with van der Waals surface area (Å²) in [7, 11) is -4.06. The van der Waals surface area contributed by atoms with Crippen molar-refractivity contribution in [3.63, 3.8) is 0 Å². The van der Waals surface area contributed by atoms with Gasteiger partial charge in [0.05, 0.1) is 22.9 Å². The van der Waals surface area contributed by atoms with E-state index in [0.29, 0.717) is 5.69 Å². The van der Waals surface area contributed by atoms with Crippen molar-refractivity contribution < 1.29 is 26.7 Å². The first-order valence-corrected chi connectivity index (χ1v) is 11.1. The monoisotopic (exact) mass is 475 g/mol. The Balaban J connectivity index is 1.91. The number of aromatic nitrogens is 2. The van der Waals surface area contributed by atoms with Crippen molar-refractivity contribution in [3.05, 3.63) is 40.7 Å². The molecule has 3 N–H and O–H groups in total. The third kappa shape index (κ3) is 5.64. The van der Waals surface area contributed by atoms with Gasteiger partial charge in [0.2, 0.25) is 0 Å². The maximum atomic E-state index is 13.0. The maximum Gasteiger partial charge on any atom is 0.264 e. The van der Waals surface area contributed by atoms with Crippen LogP contribution in [0.1, 0.15) is 22.5 Å². The summed E-state index contributed by atoms with van der Waals surface area (Å²) in [4.78, 5) is 22.7. The number of carbonyl (C=O) groups excluding carboxylic acids is 1. The lowest BCUT2D eigenvalue weighted by molar-refractivity contribution is -0.0493. The zero-order valence-corrected chi connectivity index (χ0v) is 18.0. The average molecular weight is 476 g/mol. The fourth-order valence-corrected chi connectivity index (χ4v) is 3.67. The topological polar surface area (TPSA) is 128 Å². The minimum Gasteiger partial charge on any atom is -0.370 e. The van der Waals surface area contributed by atoms with Crippen LogP contribution in [-0.4, -0.2) is 56.5 Å². The number of anilines is 2. The van der Waals surface area contributed by atoms with E-state index in [1.807, 2.05) is 0 Å². The molecule has 1 aliphatic rings. The van der Waals surface area contributed by atoms with Crippen LogP contribution in [0.3, 0.4) is 0 Å². The molecule has 1 fully saturated rings. The van der Waals surface area contributed by atoms with Gasteiger partial charge in [-0.15, -0.1) is 0 Å². The Morgan fingerprint density at radius 2 is 2.13 bits per heavy atom. The number of amides is 1. The van der Waals surface area contributed by atoms with Gasteiger partial charge in [0, 0.05) is 31.0 Å². The van der Waals surface area contributed by atoms with Crippen molar-refractivity contribution >= 4 is 39.0 Å². The first kappa shape index (κ1) is 23.3. The van der Waals surface area contributed by atoms with E-state index in [1.165, 1.54) is 18.3 Å². The molecule has 1 amide bonds. The molecule has 31 heavy (non-hydrogen) atoms. The molecule has 168 valence electrons. The van der Waals surface area contributed by atoms with E-state index in [2.05, 4.69) is 15.3 Å². The molecule has 2 aromatic rings. The van der Waals surface area contributed by atoms with Gasteiger partial charge in [0.15, 0.2) is 5.03 Å². The Hall–Kier alpha value is -2.41. The minimum atomic E-state index is -4.06. The van der Waals surface area contributed by atoms with Crippen molar-refractivity contribution in [3.8, 4) is 0 Å². The van der Waals surface area contributed by atoms with Gasteiger partial charge in [-0.05, 0) is 25.5 Å². The normalized spacial score (nSPS) is 17.5. The summed E-state index contributed by atoms with van der Waals surface area (Å²) in [6.07, 6.45) is -2.55. The number of alkyl halides is 2. The molecule has 1 aliphatic heterocycles. The second-order valence-corrected chi connectivity index (χ2v) is 8.74. The number of ether oxygens (including phenoxy) is 1. The van der Waals surface area contributed by atoms with Crippen LogP contribution >= 0.6 is 11.6 Å². The lowest BCUT2D eigenvalue weighted by atomic mass is 10.1. The van der Waals surface area contributed by atoms with Crippen molar-refractivity contribution in [2.45, 2.75) is 30.9 Å². The number of nitrogens with one attached hydrogen (secondary N) is 1. The lowest BCUT2D eigenvalue weighted by Crippen LogP contribution is -2.30. The third-order valence-electron chi connectivity index (χ3n) is 4.62. The number of nitrogens with two attached hydrogens (primary N) is 1. The van der Waals surface area contributed by atoms with Crippen molar-refractivity contribution in [2.24, 2.45) is 5.14 Å². The predicted molar refractivity (Wildman–Crippen MR) is 110 cm³/mol. The molecule has 1 saturated heterocycles. The fourth-order valence-electron chi connectivity index (χ4n) is 3.02. The Morgan fingerprint density at radius 3 is 2.81 bits per heavy atom. The molecule has 0 spiro atoms. The van der Waals surface area contributed by atoms with E-state index >= 15 is 0 Å². The first-order valence-electron chi connectivity index (χ1n) is 9.18. The summed E-state index contributed by atoms with van der Waals surface area (Å²) >= 11 is 6.16. The molecular formula is C18H20ClF2N5O4S. The Bertz CT molecular complexity index is 1090. The van der Waals surface area contributed by atoms with Gasteiger partial charge in [-0.25, -0.2) is 32.3 Å². The van der Waals surface area contributed by atoms with Gasteiger partial charge in [-0.1, -0.05) is 11.6 Å². The highest BCUT2D eigenvalue weighted by Gasteiger charge is 2.28. The largest absolute Gasteiger partial charge is 0.370 e. The zero-order chi connectivity index (χ0) is 22.8. The smallest absolute Gasteiger partial charge is 0.264 e. The van der Waals surface area contributed by atoms with Crippen LogP contribution in [0, 0.1) is 6.92 Å². The third-order valence-corrected chi connectivity index (χ3v) is 5.81. The van der Waals surface area contributed by atoms with Crippen LogP contribution in [0.4, 0.5) is 20.3 Å². The van der Waals surface area contributed by atoms with E-state index in [1.54, 1.807) is 11.8 Å². The van der Waals surface area contributed by atoms with E-state index in [-0.39, 0.29) is 48.2 Å². The zero-order valence-electron chi connectivity index (χ0n) is 16.4. The molecule has 2 aromatic heterocycles. The molecule has 0 aromatic carbocycles. The van der Waals surface area contributed by atoms with Crippen molar-refractivity contribution in [1.82, 2.24) is 9.97 Å². The van der Waals surface area contributed by atoms with Gasteiger partial charge in [0.25, 0.3) is 22.4 Å². The summed E-state index contributed by atoms with van der Waals surface area (Å²) in [6, 6.07) is 3.93. The first-order chi connectivity index (χ1) is 14.6. The van der Waals surface area contributed by atoms with E-state index < -0.39 is 33.5 Å². The highest BCUT2D eigenvalue weighted by atomic mass is 35.5. The number of sulfonamides is 1. The number of nitrogens with zero attached hydrogens (tertiary/aromatic N) is 3. The number of aryl methyl sites for hydroxylation is 1. The maximum absolute atomic E-state index is 13.0. The number of primary sulfonamides is 1. The van der Waals surface area contributed by atoms with Crippen LogP contribution < -0.4 is 15.4 Å². The van der Waals surface area contributed by atoms with Crippen LogP contribution in [0.2, 0.25) is 5.02 Å². The number of hydrogen-bond acceptors (Lipinski definition) is 7. The van der Waals surface area contributed by atoms with Crippen molar-refractivity contribution in [2.75, 3.05) is 29.9 Å². The Kier molecular flexibility index (Phi) is 7.04. The lowest BCUT2D eigenvalue weighted by Gasteiger charge is -2.24. The molecule has 1 atom stereocenters. The molecule has 9 nitrogen and oxygen atoms in total. The summed E-state index contributed by atoms with van der Waals surface area (Å²) in [5.41, 5.74) is 0.702. The fraction of sp³-hybridized carbons (Fsp3) is 0.389. The van der Waals surface area contributed by atoms with Crippen LogP contribution in [0.5, 0.6) is 0 Å². The minimum absolute atomic E-state index is 0.0431. The van der Waals surface area contributed by atoms with Gasteiger partial charge in [-0.2, -0.15) is 0 Å². The molecule has 3 heterocycles. The second-order valence-electron chi connectivity index (χ2n) is 6.83. The molecular weight excluding hydrogens is 456 g/mol. The number of rotatable bonds is 5. The molecule has 0 saturated carbocycles. The Labute approximate surface area is 182 Å². The highest BCUT2D eigenvalue weighted by molar-refractivity contribution is 7.89. The SMILES string of the molecule is Cc1nc(N2CCO[C@H](C(F)F)CC2)c(C(=O)Nc2ccnc(S(N)(=O)=O)c2)cc1Cl. The van der Waals surface area contributed by atoms with Gasteiger partial charge < -0.3 is 15.0 Å². The number of carbonyl (C=O) groups is 1. The summed E-state index contributed by atoms with van der Waals surface area (Å²) < 4.78 is 54.2.